The molecule has 1 aliphatic rings. The summed E-state index contributed by atoms with van der Waals surface area (Å²) in [5, 5.41) is 1.04. The molecule has 0 unspecified atom stereocenters. The number of carbonyl (C=O) groups is 1. The van der Waals surface area contributed by atoms with Gasteiger partial charge >= 0.3 is 0 Å². The SMILES string of the molecule is O=C(CCc1ccccc1)N1CCCN(c2ncnc3[nH]ccc23)CC1. The van der Waals surface area contributed by atoms with Gasteiger partial charge in [-0.2, -0.15) is 0 Å². The maximum atomic E-state index is 12.6. The number of nitrogens with zero attached hydrogens (tertiary/aromatic N) is 4. The van der Waals surface area contributed by atoms with Crippen LogP contribution in [0.4, 0.5) is 5.82 Å². The van der Waals surface area contributed by atoms with Crippen LogP contribution in [0.5, 0.6) is 0 Å². The number of hydrogen-bond donors (Lipinski definition) is 1. The smallest absolute Gasteiger partial charge is 0.222 e. The van der Waals surface area contributed by atoms with Gasteiger partial charge in [0.1, 0.15) is 17.8 Å². The topological polar surface area (TPSA) is 65.1 Å². The molecule has 1 amide bonds. The number of hydrogen-bond acceptors (Lipinski definition) is 4. The summed E-state index contributed by atoms with van der Waals surface area (Å²) < 4.78 is 0. The molecule has 0 aliphatic carbocycles. The van der Waals surface area contributed by atoms with Crippen molar-refractivity contribution < 1.29 is 4.79 Å². The van der Waals surface area contributed by atoms with E-state index < -0.39 is 0 Å². The molecule has 1 saturated heterocycles. The molecule has 1 aliphatic heterocycles. The fraction of sp³-hybridized carbons (Fsp3) is 0.350. The van der Waals surface area contributed by atoms with E-state index in [0.29, 0.717) is 6.42 Å². The van der Waals surface area contributed by atoms with Crippen LogP contribution in [0.1, 0.15) is 18.4 Å². The minimum atomic E-state index is 0.241. The Hall–Kier alpha value is -2.89. The molecule has 6 nitrogen and oxygen atoms in total. The normalized spacial score (nSPS) is 15.2. The molecule has 0 atom stereocenters. The first-order valence-corrected chi connectivity index (χ1v) is 9.16. The van der Waals surface area contributed by atoms with E-state index in [2.05, 4.69) is 32.0 Å². The zero-order valence-electron chi connectivity index (χ0n) is 14.8. The molecule has 3 heterocycles. The van der Waals surface area contributed by atoms with Gasteiger partial charge in [-0.1, -0.05) is 30.3 Å². The van der Waals surface area contributed by atoms with Crippen molar-refractivity contribution in [2.45, 2.75) is 19.3 Å². The fourth-order valence-corrected chi connectivity index (χ4v) is 3.54. The van der Waals surface area contributed by atoms with Crippen LogP contribution in [0.3, 0.4) is 0 Å². The summed E-state index contributed by atoms with van der Waals surface area (Å²) in [4.78, 5) is 28.8. The van der Waals surface area contributed by atoms with Crippen molar-refractivity contribution in [3.8, 4) is 0 Å². The summed E-state index contributed by atoms with van der Waals surface area (Å²) >= 11 is 0. The molecular weight excluding hydrogens is 326 g/mol. The van der Waals surface area contributed by atoms with Gasteiger partial charge in [0, 0.05) is 38.8 Å². The van der Waals surface area contributed by atoms with Crippen LogP contribution in [0, 0.1) is 0 Å². The average molecular weight is 349 g/mol. The predicted octanol–water partition coefficient (Wildman–Crippen LogP) is 2.63. The Morgan fingerprint density at radius 3 is 2.81 bits per heavy atom. The van der Waals surface area contributed by atoms with Crippen molar-refractivity contribution in [1.82, 2.24) is 19.9 Å². The van der Waals surface area contributed by atoms with E-state index >= 15 is 0 Å². The molecule has 6 heteroatoms. The number of nitrogens with one attached hydrogen (secondary N) is 1. The van der Waals surface area contributed by atoms with Gasteiger partial charge in [0.15, 0.2) is 0 Å². The maximum Gasteiger partial charge on any atom is 0.222 e. The van der Waals surface area contributed by atoms with Crippen LogP contribution in [0.15, 0.2) is 48.9 Å². The molecule has 26 heavy (non-hydrogen) atoms. The second-order valence-electron chi connectivity index (χ2n) is 6.64. The monoisotopic (exact) mass is 349 g/mol. The number of aryl methyl sites for hydroxylation is 1. The highest BCUT2D eigenvalue weighted by Gasteiger charge is 2.21. The van der Waals surface area contributed by atoms with Crippen LogP contribution in [-0.4, -0.2) is 51.9 Å². The number of aromatic amines is 1. The molecule has 134 valence electrons. The van der Waals surface area contributed by atoms with Gasteiger partial charge < -0.3 is 14.8 Å². The van der Waals surface area contributed by atoms with Gasteiger partial charge in [0.25, 0.3) is 0 Å². The van der Waals surface area contributed by atoms with Crippen molar-refractivity contribution in [2.75, 3.05) is 31.1 Å². The largest absolute Gasteiger partial charge is 0.354 e. The zero-order valence-corrected chi connectivity index (χ0v) is 14.8. The van der Waals surface area contributed by atoms with Gasteiger partial charge in [-0.3, -0.25) is 4.79 Å². The predicted molar refractivity (Wildman–Crippen MR) is 102 cm³/mol. The number of H-pyrrole nitrogens is 1. The third kappa shape index (κ3) is 3.54. The van der Waals surface area contributed by atoms with E-state index in [-0.39, 0.29) is 5.91 Å². The first kappa shape index (κ1) is 16.6. The molecule has 1 fully saturated rings. The van der Waals surface area contributed by atoms with Crippen molar-refractivity contribution in [3.05, 3.63) is 54.5 Å². The van der Waals surface area contributed by atoms with Gasteiger partial charge in [0.2, 0.25) is 5.91 Å². The molecule has 4 rings (SSSR count). The fourth-order valence-electron chi connectivity index (χ4n) is 3.54. The lowest BCUT2D eigenvalue weighted by molar-refractivity contribution is -0.130. The van der Waals surface area contributed by atoms with Gasteiger partial charge in [0.05, 0.1) is 5.39 Å². The van der Waals surface area contributed by atoms with Crippen molar-refractivity contribution >= 4 is 22.8 Å². The van der Waals surface area contributed by atoms with Crippen molar-refractivity contribution in [3.63, 3.8) is 0 Å². The third-order valence-electron chi connectivity index (χ3n) is 4.95. The molecule has 1 aromatic carbocycles. The Bertz CT molecular complexity index is 876. The third-order valence-corrected chi connectivity index (χ3v) is 4.95. The molecule has 2 aromatic heterocycles. The zero-order chi connectivity index (χ0) is 17.8. The summed E-state index contributed by atoms with van der Waals surface area (Å²) in [7, 11) is 0. The number of fused-ring (bicyclic) bond motifs is 1. The second-order valence-corrected chi connectivity index (χ2v) is 6.64. The van der Waals surface area contributed by atoms with Crippen molar-refractivity contribution in [2.24, 2.45) is 0 Å². The Labute approximate surface area is 152 Å². The number of anilines is 1. The molecule has 3 aromatic rings. The van der Waals surface area contributed by atoms with Crippen LogP contribution < -0.4 is 4.90 Å². The lowest BCUT2D eigenvalue weighted by Gasteiger charge is -2.23. The van der Waals surface area contributed by atoms with Gasteiger partial charge in [-0.25, -0.2) is 9.97 Å². The summed E-state index contributed by atoms with van der Waals surface area (Å²) in [6.07, 6.45) is 5.81. The van der Waals surface area contributed by atoms with Gasteiger partial charge in [-0.05, 0) is 24.5 Å². The number of benzene rings is 1. The maximum absolute atomic E-state index is 12.6. The van der Waals surface area contributed by atoms with E-state index in [1.807, 2.05) is 35.4 Å². The summed E-state index contributed by atoms with van der Waals surface area (Å²) in [6, 6.07) is 12.2. The van der Waals surface area contributed by atoms with E-state index in [1.165, 1.54) is 5.56 Å². The van der Waals surface area contributed by atoms with Crippen LogP contribution >= 0.6 is 0 Å². The highest BCUT2D eigenvalue weighted by molar-refractivity contribution is 5.87. The van der Waals surface area contributed by atoms with Crippen LogP contribution in [0.25, 0.3) is 11.0 Å². The summed E-state index contributed by atoms with van der Waals surface area (Å²) in [6.45, 7) is 3.25. The summed E-state index contributed by atoms with van der Waals surface area (Å²) in [5.41, 5.74) is 2.07. The second kappa shape index (κ2) is 7.56. The minimum absolute atomic E-state index is 0.241. The first-order chi connectivity index (χ1) is 12.8. The molecule has 0 bridgehead atoms. The number of carbonyl (C=O) groups excluding carboxylic acids is 1. The Balaban J connectivity index is 1.38. The highest BCUT2D eigenvalue weighted by Crippen LogP contribution is 2.23. The van der Waals surface area contributed by atoms with Crippen molar-refractivity contribution in [1.29, 1.82) is 0 Å². The lowest BCUT2D eigenvalue weighted by atomic mass is 10.1. The van der Waals surface area contributed by atoms with E-state index in [9.17, 15) is 4.79 Å². The lowest BCUT2D eigenvalue weighted by Crippen LogP contribution is -2.35. The molecule has 0 radical (unpaired) electrons. The van der Waals surface area contributed by atoms with Crippen LogP contribution in [0.2, 0.25) is 0 Å². The molecule has 1 N–H and O–H groups in total. The standard InChI is InChI=1S/C20H23N5O/c26-18(8-7-16-5-2-1-3-6-16)24-11-4-12-25(14-13-24)20-17-9-10-21-19(17)22-15-23-20/h1-3,5-6,9-10,15H,4,7-8,11-14H2,(H,21,22,23). The van der Waals surface area contributed by atoms with E-state index in [0.717, 1.165) is 55.9 Å². The van der Waals surface area contributed by atoms with Gasteiger partial charge in [-0.15, -0.1) is 0 Å². The Morgan fingerprint density at radius 1 is 1.04 bits per heavy atom. The number of rotatable bonds is 4. The first-order valence-electron chi connectivity index (χ1n) is 9.16. The Kier molecular flexibility index (Phi) is 4.82. The number of aromatic nitrogens is 3. The minimum Gasteiger partial charge on any atom is -0.354 e. The van der Waals surface area contributed by atoms with E-state index in [1.54, 1.807) is 6.33 Å². The van der Waals surface area contributed by atoms with E-state index in [4.69, 9.17) is 0 Å². The Morgan fingerprint density at radius 2 is 1.92 bits per heavy atom. The molecule has 0 saturated carbocycles. The molecular formula is C20H23N5O. The summed E-state index contributed by atoms with van der Waals surface area (Å²) in [5.74, 6) is 1.19. The van der Waals surface area contributed by atoms with Crippen LogP contribution in [-0.2, 0) is 11.2 Å². The molecule has 0 spiro atoms. The average Bonchev–Trinajstić information content (AvgIpc) is 3.03. The quantitative estimate of drug-likeness (QED) is 0.786. The number of amides is 1. The highest BCUT2D eigenvalue weighted by atomic mass is 16.2.